The lowest BCUT2D eigenvalue weighted by atomic mass is 10.1. The molecule has 0 radical (unpaired) electrons. The molecular weight excluding hydrogens is 272 g/mol. The zero-order chi connectivity index (χ0) is 14.7. The summed E-state index contributed by atoms with van der Waals surface area (Å²) >= 11 is 1.70. The van der Waals surface area contributed by atoms with Crippen LogP contribution in [-0.4, -0.2) is 34.6 Å². The van der Waals surface area contributed by atoms with E-state index in [2.05, 4.69) is 16.3 Å². The average Bonchev–Trinajstić information content (AvgIpc) is 3.04. The number of aromatic nitrogens is 2. The van der Waals surface area contributed by atoms with E-state index in [1.165, 1.54) is 4.88 Å². The molecule has 5 nitrogen and oxygen atoms in total. The van der Waals surface area contributed by atoms with Gasteiger partial charge in [-0.1, -0.05) is 19.9 Å². The molecule has 0 aliphatic carbocycles. The Balaban J connectivity index is 2.03. The molecule has 2 rings (SSSR count). The van der Waals surface area contributed by atoms with Gasteiger partial charge in [0.25, 0.3) is 5.91 Å². The number of carbonyl (C=O) groups excluding carboxylic acids is 1. The minimum atomic E-state index is -0.137. The van der Waals surface area contributed by atoms with Crippen molar-refractivity contribution in [3.8, 4) is 0 Å². The van der Waals surface area contributed by atoms with Crippen molar-refractivity contribution in [2.24, 2.45) is 0 Å². The van der Waals surface area contributed by atoms with Crippen molar-refractivity contribution in [2.45, 2.75) is 26.2 Å². The molecular formula is C14H20N4OS. The summed E-state index contributed by atoms with van der Waals surface area (Å²) in [7, 11) is 1.78. The van der Waals surface area contributed by atoms with E-state index in [4.69, 9.17) is 5.73 Å². The molecule has 0 atom stereocenters. The fraction of sp³-hybridized carbons (Fsp3) is 0.429. The van der Waals surface area contributed by atoms with E-state index in [0.717, 1.165) is 12.1 Å². The fourth-order valence-electron chi connectivity index (χ4n) is 1.98. The Morgan fingerprint density at radius 1 is 1.55 bits per heavy atom. The number of thiophene rings is 1. The van der Waals surface area contributed by atoms with E-state index in [0.29, 0.717) is 17.9 Å². The van der Waals surface area contributed by atoms with Crippen LogP contribution in [0.2, 0.25) is 0 Å². The van der Waals surface area contributed by atoms with E-state index >= 15 is 0 Å². The molecule has 0 unspecified atom stereocenters. The Bertz CT molecular complexity index is 574. The van der Waals surface area contributed by atoms with Crippen LogP contribution >= 0.6 is 11.3 Å². The summed E-state index contributed by atoms with van der Waals surface area (Å²) < 4.78 is 0. The van der Waals surface area contributed by atoms with E-state index in [1.807, 2.05) is 25.3 Å². The smallest absolute Gasteiger partial charge is 0.276 e. The molecule has 0 bridgehead atoms. The van der Waals surface area contributed by atoms with Gasteiger partial charge in [-0.15, -0.1) is 11.3 Å². The third kappa shape index (κ3) is 3.01. The normalized spacial score (nSPS) is 11.0. The van der Waals surface area contributed by atoms with Crippen LogP contribution in [0.5, 0.6) is 0 Å². The summed E-state index contributed by atoms with van der Waals surface area (Å²) in [6, 6.07) is 4.09. The molecule has 0 aliphatic heterocycles. The van der Waals surface area contributed by atoms with Crippen LogP contribution in [0.1, 0.15) is 40.8 Å². The van der Waals surface area contributed by atoms with Crippen molar-refractivity contribution in [1.82, 2.24) is 15.1 Å². The second kappa shape index (κ2) is 6.09. The number of nitrogens with one attached hydrogen (secondary N) is 1. The first-order valence-corrected chi connectivity index (χ1v) is 7.50. The van der Waals surface area contributed by atoms with Crippen LogP contribution in [-0.2, 0) is 6.42 Å². The van der Waals surface area contributed by atoms with Crippen LogP contribution in [0.25, 0.3) is 0 Å². The highest BCUT2D eigenvalue weighted by atomic mass is 32.1. The predicted molar refractivity (Wildman–Crippen MR) is 82.1 cm³/mol. The number of likely N-dealkylation sites (N-methyl/N-ethyl adjacent to an activating group) is 1. The van der Waals surface area contributed by atoms with Crippen molar-refractivity contribution in [1.29, 1.82) is 0 Å². The summed E-state index contributed by atoms with van der Waals surface area (Å²) in [5.41, 5.74) is 7.60. The number of amides is 1. The largest absolute Gasteiger partial charge is 0.395 e. The molecule has 2 heterocycles. The standard InChI is InChI=1S/C14H20N4OS/c1-9(2)12-11(15)13(17-16-12)14(19)18(3)7-6-10-5-4-8-20-10/h4-5,8-9H,6-7,15H2,1-3H3,(H,16,17). The fourth-order valence-corrected chi connectivity index (χ4v) is 2.68. The summed E-state index contributed by atoms with van der Waals surface area (Å²) in [4.78, 5) is 15.3. The molecule has 0 aromatic carbocycles. The van der Waals surface area contributed by atoms with Gasteiger partial charge in [-0.25, -0.2) is 0 Å². The lowest BCUT2D eigenvalue weighted by Crippen LogP contribution is -2.29. The maximum atomic E-state index is 12.3. The molecule has 2 aromatic rings. The van der Waals surface area contributed by atoms with Crippen LogP contribution in [0.15, 0.2) is 17.5 Å². The van der Waals surface area contributed by atoms with Crippen molar-refractivity contribution >= 4 is 22.9 Å². The first kappa shape index (κ1) is 14.6. The number of nitrogens with zero attached hydrogens (tertiary/aromatic N) is 2. The van der Waals surface area contributed by atoms with Gasteiger partial charge in [0.15, 0.2) is 5.69 Å². The van der Waals surface area contributed by atoms with E-state index in [1.54, 1.807) is 23.3 Å². The number of hydrogen-bond donors (Lipinski definition) is 2. The second-order valence-corrected chi connectivity index (χ2v) is 6.14. The quantitative estimate of drug-likeness (QED) is 0.889. The number of nitrogens with two attached hydrogens (primary N) is 1. The van der Waals surface area contributed by atoms with Crippen LogP contribution in [0.3, 0.4) is 0 Å². The molecule has 0 saturated heterocycles. The van der Waals surface area contributed by atoms with E-state index in [-0.39, 0.29) is 11.8 Å². The maximum absolute atomic E-state index is 12.3. The molecule has 108 valence electrons. The van der Waals surface area contributed by atoms with Gasteiger partial charge >= 0.3 is 0 Å². The second-order valence-electron chi connectivity index (χ2n) is 5.11. The zero-order valence-corrected chi connectivity index (χ0v) is 12.8. The number of anilines is 1. The van der Waals surface area contributed by atoms with Crippen molar-refractivity contribution < 1.29 is 4.79 Å². The maximum Gasteiger partial charge on any atom is 0.276 e. The lowest BCUT2D eigenvalue weighted by molar-refractivity contribution is 0.0792. The monoisotopic (exact) mass is 292 g/mol. The summed E-state index contributed by atoms with van der Waals surface area (Å²) in [5.74, 6) is 0.0858. The highest BCUT2D eigenvalue weighted by Crippen LogP contribution is 2.23. The minimum Gasteiger partial charge on any atom is -0.395 e. The molecule has 6 heteroatoms. The Labute approximate surface area is 122 Å². The molecule has 0 spiro atoms. The third-order valence-corrected chi connectivity index (χ3v) is 4.17. The van der Waals surface area contributed by atoms with Crippen molar-refractivity contribution in [3.63, 3.8) is 0 Å². The average molecular weight is 292 g/mol. The number of H-pyrrole nitrogens is 1. The molecule has 20 heavy (non-hydrogen) atoms. The van der Waals surface area contributed by atoms with Crippen LogP contribution in [0.4, 0.5) is 5.69 Å². The first-order chi connectivity index (χ1) is 9.50. The number of nitrogen functional groups attached to an aromatic ring is 1. The number of rotatable bonds is 5. The predicted octanol–water partition coefficient (Wildman–Crippen LogP) is 2.49. The van der Waals surface area contributed by atoms with Gasteiger partial charge in [0.1, 0.15) is 0 Å². The third-order valence-electron chi connectivity index (χ3n) is 3.23. The molecule has 0 aliphatic rings. The Kier molecular flexibility index (Phi) is 4.44. The number of aromatic amines is 1. The lowest BCUT2D eigenvalue weighted by Gasteiger charge is -2.15. The van der Waals surface area contributed by atoms with Gasteiger partial charge in [-0.3, -0.25) is 9.89 Å². The Morgan fingerprint density at radius 3 is 2.85 bits per heavy atom. The SMILES string of the molecule is CC(C)c1[nH]nc(C(=O)N(C)CCc2cccs2)c1N. The first-order valence-electron chi connectivity index (χ1n) is 6.62. The molecule has 0 saturated carbocycles. The molecule has 1 amide bonds. The van der Waals surface area contributed by atoms with E-state index in [9.17, 15) is 4.79 Å². The van der Waals surface area contributed by atoms with Gasteiger partial charge in [0.05, 0.1) is 11.4 Å². The highest BCUT2D eigenvalue weighted by molar-refractivity contribution is 7.09. The zero-order valence-electron chi connectivity index (χ0n) is 12.0. The van der Waals surface area contributed by atoms with Gasteiger partial charge in [-0.2, -0.15) is 5.10 Å². The molecule has 2 aromatic heterocycles. The topological polar surface area (TPSA) is 75.0 Å². The summed E-state index contributed by atoms with van der Waals surface area (Å²) in [6.45, 7) is 4.68. The van der Waals surface area contributed by atoms with Crippen molar-refractivity contribution in [3.05, 3.63) is 33.8 Å². The van der Waals surface area contributed by atoms with E-state index < -0.39 is 0 Å². The minimum absolute atomic E-state index is 0.137. The summed E-state index contributed by atoms with van der Waals surface area (Å²) in [6.07, 6.45) is 0.848. The molecule has 0 fully saturated rings. The van der Waals surface area contributed by atoms with Gasteiger partial charge in [0, 0.05) is 18.5 Å². The van der Waals surface area contributed by atoms with Crippen LogP contribution < -0.4 is 5.73 Å². The van der Waals surface area contributed by atoms with Gasteiger partial charge in [0.2, 0.25) is 0 Å². The van der Waals surface area contributed by atoms with Crippen LogP contribution in [0, 0.1) is 0 Å². The van der Waals surface area contributed by atoms with Gasteiger partial charge < -0.3 is 10.6 Å². The summed E-state index contributed by atoms with van der Waals surface area (Å²) in [5, 5.41) is 8.96. The van der Waals surface area contributed by atoms with Crippen molar-refractivity contribution in [2.75, 3.05) is 19.3 Å². The number of hydrogen-bond acceptors (Lipinski definition) is 4. The highest BCUT2D eigenvalue weighted by Gasteiger charge is 2.21. The van der Waals surface area contributed by atoms with Gasteiger partial charge in [-0.05, 0) is 23.8 Å². The Hall–Kier alpha value is -1.82. The number of carbonyl (C=O) groups is 1. The molecule has 3 N–H and O–H groups in total. The Morgan fingerprint density at radius 2 is 2.30 bits per heavy atom.